The first-order valence-electron chi connectivity index (χ1n) is 47.4. The zero-order chi connectivity index (χ0) is 98.2. The fraction of sp³-hybridized carbons (Fsp3) is 0.449. The van der Waals surface area contributed by atoms with Crippen molar-refractivity contribution in [1.29, 1.82) is 0 Å². The number of hydrogen-bond acceptors (Lipinski definition) is 24. The van der Waals surface area contributed by atoms with Gasteiger partial charge in [-0.2, -0.15) is 0 Å². The average molecular weight is 1930 g/mol. The highest BCUT2D eigenvalue weighted by molar-refractivity contribution is 7.15. The van der Waals surface area contributed by atoms with Crippen molar-refractivity contribution in [2.75, 3.05) is 121 Å². The van der Waals surface area contributed by atoms with Gasteiger partial charge in [0.05, 0.1) is 112 Å². The highest BCUT2D eigenvalue weighted by Gasteiger charge is 2.35. The number of aryl methyl sites for hydroxylation is 7. The molecule has 5 aliphatic rings. The minimum Gasteiger partial charge on any atom is -0.495 e. The molecule has 3 saturated heterocycles. The first-order valence-corrected chi connectivity index (χ1v) is 48.9. The Labute approximate surface area is 819 Å². The van der Waals surface area contributed by atoms with Crippen molar-refractivity contribution in [3.63, 3.8) is 0 Å². The molecular formula is C107H134Cl2N14O13S. The number of aromatic nitrogens is 7. The third-order valence-corrected chi connectivity index (χ3v) is 27.5. The number of carbonyl (C=O) groups excluding carboxylic acids is 4. The van der Waals surface area contributed by atoms with E-state index in [0.717, 1.165) is 216 Å². The van der Waals surface area contributed by atoms with Crippen LogP contribution in [0.2, 0.25) is 10.0 Å². The summed E-state index contributed by atoms with van der Waals surface area (Å²) in [6.45, 7) is 39.7. The molecule has 730 valence electrons. The van der Waals surface area contributed by atoms with Crippen LogP contribution in [0.3, 0.4) is 0 Å². The molecule has 27 nitrogen and oxygen atoms in total. The number of esters is 1. The Morgan fingerprint density at radius 2 is 1.12 bits per heavy atom. The number of carbonyl (C=O) groups is 4. The summed E-state index contributed by atoms with van der Waals surface area (Å²) in [7, 11) is 8.66. The van der Waals surface area contributed by atoms with Crippen LogP contribution in [0.25, 0.3) is 49.3 Å². The number of fused-ring (bicyclic) bond motifs is 6. The Balaban J connectivity index is 0.000000155. The standard InChI is InChI=1S/2C28H35ClN4O3.C27H36N2O5.C24H28N4O2S/c2*1-18(32-11-13-36-14-12-32)17-33-25-8-7-22(28(19(2)30)20(3)34)16-24(25)31-27(33)10-6-21-5-9-26(35-4)23(29)15-21;1-5-26(30)29-11-12-33-27-22(17-29)13-21(20-8-9-23(31-3)24(14-20)32-4)15-25(27)34-18-19-7-6-10-28(2)16-19;1-13-8-10-17(11-9-13)21-20-14(2)15(3)31-23(20)28-16(4)26-27-22(28)18(25-21)12-19(29)30-24(5,6)7/h2*5,7-9,15-16,18H,6,10-14,17,30H2,1-4H3;8-9,13-15,19H,5-7,10-12,16-18H2,1-4H3;8-11,18H,12H2,1-7H3/t18-;;19-;18-/m0.00/s1. The smallest absolute Gasteiger partial charge is 0.308 e. The third-order valence-electron chi connectivity index (χ3n) is 25.7. The molecule has 30 heteroatoms. The number of morpholine rings is 2. The molecule has 0 aliphatic carbocycles. The number of amides is 1. The van der Waals surface area contributed by atoms with Gasteiger partial charge >= 0.3 is 5.97 Å². The minimum atomic E-state index is -0.554. The zero-order valence-electron chi connectivity index (χ0n) is 82.9. The maximum Gasteiger partial charge on any atom is 0.308 e. The second-order valence-electron chi connectivity index (χ2n) is 37.0. The number of likely N-dealkylation sites (tertiary alicyclic amines) is 1. The molecule has 11 aromatic rings. The van der Waals surface area contributed by atoms with Crippen LogP contribution in [-0.4, -0.2) is 221 Å². The van der Waals surface area contributed by atoms with Gasteiger partial charge in [0.15, 0.2) is 40.4 Å². The van der Waals surface area contributed by atoms with Crippen LogP contribution in [0.4, 0.5) is 0 Å². The summed E-state index contributed by atoms with van der Waals surface area (Å²) in [5.74, 6) is 7.87. The van der Waals surface area contributed by atoms with Gasteiger partial charge in [-0.05, 0) is 241 Å². The number of Topliss-reactive ketones (excluding diaryl/α,β-unsaturated/α-hetero) is 2. The molecule has 3 fully saturated rings. The number of thiophene rings is 1. The van der Waals surface area contributed by atoms with Gasteiger partial charge in [0.1, 0.15) is 52.2 Å². The lowest BCUT2D eigenvalue weighted by atomic mass is 9.99. The highest BCUT2D eigenvalue weighted by Crippen LogP contribution is 2.44. The van der Waals surface area contributed by atoms with E-state index in [4.69, 9.17) is 92.3 Å². The molecule has 1 amide bonds. The predicted molar refractivity (Wildman–Crippen MR) is 544 cm³/mol. The van der Waals surface area contributed by atoms with E-state index in [2.05, 4.69) is 123 Å². The summed E-state index contributed by atoms with van der Waals surface area (Å²) in [5.41, 5.74) is 29.6. The van der Waals surface area contributed by atoms with Crippen LogP contribution >= 0.6 is 34.5 Å². The normalized spacial score (nSPS) is 16.6. The molecule has 1 unspecified atom stereocenters. The van der Waals surface area contributed by atoms with Crippen LogP contribution in [-0.2, 0) is 78.7 Å². The van der Waals surface area contributed by atoms with E-state index in [1.807, 2.05) is 124 Å². The lowest BCUT2D eigenvalue weighted by molar-refractivity contribution is -0.155. The van der Waals surface area contributed by atoms with Crippen molar-refractivity contribution in [1.82, 2.24) is 53.5 Å². The Morgan fingerprint density at radius 3 is 1.61 bits per heavy atom. The van der Waals surface area contributed by atoms with Gasteiger partial charge < -0.3 is 73.0 Å². The van der Waals surface area contributed by atoms with Crippen LogP contribution in [0.1, 0.15) is 179 Å². The van der Waals surface area contributed by atoms with Gasteiger partial charge in [0.2, 0.25) is 5.91 Å². The fourth-order valence-electron chi connectivity index (χ4n) is 18.5. The van der Waals surface area contributed by atoms with Crippen molar-refractivity contribution in [3.05, 3.63) is 227 Å². The number of ketones is 2. The number of nitrogens with zero attached hydrogens (tertiary/aromatic N) is 12. The Kier molecular flexibility index (Phi) is 35.1. The number of ether oxygens (including phenoxy) is 9. The number of hydrogen-bond donors (Lipinski definition) is 2. The number of piperidine rings is 1. The van der Waals surface area contributed by atoms with Crippen molar-refractivity contribution >= 4 is 96.9 Å². The van der Waals surface area contributed by atoms with E-state index in [0.29, 0.717) is 112 Å². The molecule has 0 saturated carbocycles. The number of allylic oxidation sites excluding steroid dienone is 4. The van der Waals surface area contributed by atoms with Crippen LogP contribution in [0.15, 0.2) is 144 Å². The molecule has 0 radical (unpaired) electrons. The molecule has 4 atom stereocenters. The predicted octanol–water partition coefficient (Wildman–Crippen LogP) is 18.4. The quantitative estimate of drug-likeness (QED) is 0.0340. The molecule has 16 rings (SSSR count). The maximum absolute atomic E-state index is 12.7. The zero-order valence-corrected chi connectivity index (χ0v) is 85.2. The summed E-state index contributed by atoms with van der Waals surface area (Å²) >= 11 is 14.4. The fourth-order valence-corrected chi connectivity index (χ4v) is 20.3. The van der Waals surface area contributed by atoms with Crippen LogP contribution < -0.4 is 39.9 Å². The van der Waals surface area contributed by atoms with Gasteiger partial charge in [-0.15, -0.1) is 21.5 Å². The summed E-state index contributed by atoms with van der Waals surface area (Å²) in [4.78, 5) is 75.3. The summed E-state index contributed by atoms with van der Waals surface area (Å²) < 4.78 is 57.5. The van der Waals surface area contributed by atoms with E-state index in [9.17, 15) is 19.2 Å². The minimum absolute atomic E-state index is 0.0497. The Hall–Kier alpha value is -11.5. The number of benzene rings is 7. The van der Waals surface area contributed by atoms with Crippen LogP contribution in [0, 0.1) is 33.6 Å². The van der Waals surface area contributed by atoms with E-state index in [1.54, 1.807) is 67.5 Å². The van der Waals surface area contributed by atoms with E-state index < -0.39 is 11.6 Å². The molecule has 4 aromatic heterocycles. The van der Waals surface area contributed by atoms with E-state index in [1.165, 1.54) is 28.8 Å². The van der Waals surface area contributed by atoms with Gasteiger partial charge in [-0.3, -0.25) is 38.5 Å². The summed E-state index contributed by atoms with van der Waals surface area (Å²) in [6.07, 6.45) is 6.06. The first-order chi connectivity index (χ1) is 65.6. The topological polar surface area (TPSA) is 295 Å². The molecule has 0 bridgehead atoms. The number of methoxy groups -OCH3 is 4. The Morgan fingerprint density at radius 1 is 0.591 bits per heavy atom. The van der Waals surface area contributed by atoms with Crippen molar-refractivity contribution in [2.45, 2.75) is 192 Å². The van der Waals surface area contributed by atoms with Crippen molar-refractivity contribution < 1.29 is 61.8 Å². The SMILES string of the molecule is CCC(=O)N1CCOc2c(cc(-c3ccc(OC)c(OC)c3)cc2OC[C@H]2CCCN(C)C2)C1.COc1ccc(CCc2nc3cc(C(C(C)=O)=C(C)N)ccc3n2CC(C)N2CCOCC2)cc1Cl.COc1ccc(CCc2nc3cc(C(C(C)=O)=C(C)N)ccc3n2C[C@H](C)N2CCOCC2)cc1Cl.Cc1ccc(C2=N[C@@H](CC(=O)OC(C)(C)C)c3nnc(C)n3-c3sc(C)c(C)c32)cc1. The van der Waals surface area contributed by atoms with Crippen LogP contribution in [0.5, 0.6) is 34.5 Å². The van der Waals surface area contributed by atoms with E-state index in [-0.39, 0.29) is 29.9 Å². The molecule has 7 aromatic carbocycles. The molecule has 4 N–H and O–H groups in total. The lowest BCUT2D eigenvalue weighted by Crippen LogP contribution is -2.44. The molecule has 137 heavy (non-hydrogen) atoms. The second-order valence-corrected chi connectivity index (χ2v) is 39.0. The average Bonchev–Trinajstić information content (AvgIpc) is 1.59. The lowest BCUT2D eigenvalue weighted by Gasteiger charge is -2.32. The van der Waals surface area contributed by atoms with Crippen molar-refractivity contribution in [3.8, 4) is 50.6 Å². The van der Waals surface area contributed by atoms with Gasteiger partial charge in [0, 0.05) is 134 Å². The number of halogens is 2. The van der Waals surface area contributed by atoms with Gasteiger partial charge in [0.25, 0.3) is 0 Å². The Bertz CT molecular complexity index is 6030. The van der Waals surface area contributed by atoms with Crippen molar-refractivity contribution in [2.24, 2.45) is 22.4 Å². The maximum atomic E-state index is 12.7. The summed E-state index contributed by atoms with van der Waals surface area (Å²) in [5, 5.41) is 11.0. The van der Waals surface area contributed by atoms with Gasteiger partial charge in [-0.1, -0.05) is 90.3 Å². The van der Waals surface area contributed by atoms with E-state index >= 15 is 0 Å². The molecule has 9 heterocycles. The number of aliphatic imine (C=N–C) groups is 1. The number of nitrogens with two attached hydrogens (primary N) is 2. The molecule has 0 spiro atoms. The van der Waals surface area contributed by atoms with Gasteiger partial charge in [-0.25, -0.2) is 9.97 Å². The molecule has 5 aliphatic heterocycles. The number of imidazole rings is 2. The first kappa shape index (κ1) is 103. The molecular weight excluding hydrogens is 1790 g/mol. The summed E-state index contributed by atoms with van der Waals surface area (Å²) in [6, 6.07) is 42.4. The number of rotatable bonds is 28. The third kappa shape index (κ3) is 25.5. The largest absolute Gasteiger partial charge is 0.495 e. The highest BCUT2D eigenvalue weighted by atomic mass is 35.5. The monoisotopic (exact) mass is 1920 g/mol. The second kappa shape index (κ2) is 46.8.